The topological polar surface area (TPSA) is 32.3 Å². The van der Waals surface area contributed by atoms with Crippen molar-refractivity contribution in [1.29, 1.82) is 0 Å². The molecule has 2 N–H and O–H groups in total. The van der Waals surface area contributed by atoms with Crippen LogP contribution in [0.5, 0.6) is 0 Å². The molecule has 1 aromatic rings. The molecule has 1 aliphatic carbocycles. The molecule has 86 valence electrons. The second-order valence-corrected chi connectivity index (χ2v) is 4.27. The van der Waals surface area contributed by atoms with Gasteiger partial charge in [-0.3, -0.25) is 0 Å². The van der Waals surface area contributed by atoms with E-state index in [0.717, 1.165) is 24.9 Å². The maximum Gasteiger partial charge on any atom is 0.123 e. The minimum atomic E-state index is -0.215. The van der Waals surface area contributed by atoms with Crippen molar-refractivity contribution in [3.8, 4) is 0 Å². The molecule has 16 heavy (non-hydrogen) atoms. The predicted octanol–water partition coefficient (Wildman–Crippen LogP) is 1.95. The number of benzene rings is 1. The lowest BCUT2D eigenvalue weighted by atomic mass is 10.2. The third-order valence-electron chi connectivity index (χ3n) is 2.93. The van der Waals surface area contributed by atoms with Crippen LogP contribution in [0.2, 0.25) is 0 Å². The van der Waals surface area contributed by atoms with Gasteiger partial charge in [-0.25, -0.2) is 4.39 Å². The molecular weight excluding hydrogens is 205 g/mol. The van der Waals surface area contributed by atoms with Gasteiger partial charge in [-0.1, -0.05) is 24.3 Å². The SMILES string of the molecule is OCC1(NC/C=C/c2ccc(F)cc2)CC1. The molecule has 0 unspecified atom stereocenters. The van der Waals surface area contributed by atoms with Gasteiger partial charge in [-0.15, -0.1) is 0 Å². The lowest BCUT2D eigenvalue weighted by molar-refractivity contribution is 0.234. The molecule has 0 aromatic heterocycles. The highest BCUT2D eigenvalue weighted by molar-refractivity contribution is 5.48. The van der Waals surface area contributed by atoms with Crippen LogP contribution in [0.15, 0.2) is 30.3 Å². The number of aliphatic hydroxyl groups is 1. The zero-order chi connectivity index (χ0) is 11.4. The first-order chi connectivity index (χ1) is 7.74. The Bertz CT molecular complexity index is 368. The third kappa shape index (κ3) is 2.90. The van der Waals surface area contributed by atoms with Gasteiger partial charge in [0.15, 0.2) is 0 Å². The largest absolute Gasteiger partial charge is 0.394 e. The Morgan fingerprint density at radius 1 is 1.31 bits per heavy atom. The van der Waals surface area contributed by atoms with E-state index < -0.39 is 0 Å². The van der Waals surface area contributed by atoms with Gasteiger partial charge in [0.25, 0.3) is 0 Å². The molecule has 1 saturated carbocycles. The summed E-state index contributed by atoms with van der Waals surface area (Å²) in [5, 5.41) is 12.4. The van der Waals surface area contributed by atoms with Gasteiger partial charge < -0.3 is 10.4 Å². The summed E-state index contributed by atoms with van der Waals surface area (Å²) >= 11 is 0. The van der Waals surface area contributed by atoms with Crippen LogP contribution in [0.3, 0.4) is 0 Å². The first kappa shape index (κ1) is 11.3. The van der Waals surface area contributed by atoms with Crippen molar-refractivity contribution < 1.29 is 9.50 Å². The van der Waals surface area contributed by atoms with E-state index in [2.05, 4.69) is 5.32 Å². The quantitative estimate of drug-likeness (QED) is 0.796. The molecule has 0 saturated heterocycles. The molecule has 0 radical (unpaired) electrons. The summed E-state index contributed by atoms with van der Waals surface area (Å²) in [5.41, 5.74) is 0.963. The van der Waals surface area contributed by atoms with Crippen LogP contribution in [0.4, 0.5) is 4.39 Å². The van der Waals surface area contributed by atoms with Gasteiger partial charge in [0.2, 0.25) is 0 Å². The molecular formula is C13H16FNO. The molecule has 1 fully saturated rings. The number of hydrogen-bond donors (Lipinski definition) is 2. The van der Waals surface area contributed by atoms with Gasteiger partial charge in [0.05, 0.1) is 6.61 Å². The van der Waals surface area contributed by atoms with Crippen LogP contribution in [-0.2, 0) is 0 Å². The van der Waals surface area contributed by atoms with Gasteiger partial charge in [0.1, 0.15) is 5.82 Å². The summed E-state index contributed by atoms with van der Waals surface area (Å²) in [6.45, 7) is 0.940. The van der Waals surface area contributed by atoms with E-state index in [0.29, 0.717) is 0 Å². The lowest BCUT2D eigenvalue weighted by Gasteiger charge is -2.11. The molecule has 0 spiro atoms. The van der Waals surface area contributed by atoms with Crippen molar-refractivity contribution in [3.05, 3.63) is 41.7 Å². The van der Waals surface area contributed by atoms with Gasteiger partial charge >= 0.3 is 0 Å². The molecule has 0 atom stereocenters. The average Bonchev–Trinajstić information content (AvgIpc) is 3.08. The molecule has 0 amide bonds. The van der Waals surface area contributed by atoms with Gasteiger partial charge in [-0.2, -0.15) is 0 Å². The van der Waals surface area contributed by atoms with E-state index in [1.807, 2.05) is 12.2 Å². The maximum atomic E-state index is 12.6. The third-order valence-corrected chi connectivity index (χ3v) is 2.93. The highest BCUT2D eigenvalue weighted by atomic mass is 19.1. The van der Waals surface area contributed by atoms with E-state index in [9.17, 15) is 4.39 Å². The first-order valence-corrected chi connectivity index (χ1v) is 5.52. The zero-order valence-electron chi connectivity index (χ0n) is 9.12. The first-order valence-electron chi connectivity index (χ1n) is 5.52. The second kappa shape index (κ2) is 4.76. The molecule has 3 heteroatoms. The van der Waals surface area contributed by atoms with Crippen molar-refractivity contribution >= 4 is 6.08 Å². The summed E-state index contributed by atoms with van der Waals surface area (Å²) in [6.07, 6.45) is 6.03. The summed E-state index contributed by atoms with van der Waals surface area (Å²) in [4.78, 5) is 0. The maximum absolute atomic E-state index is 12.6. The molecule has 0 bridgehead atoms. The van der Waals surface area contributed by atoms with E-state index in [4.69, 9.17) is 5.11 Å². The second-order valence-electron chi connectivity index (χ2n) is 4.27. The fourth-order valence-corrected chi connectivity index (χ4v) is 1.59. The highest BCUT2D eigenvalue weighted by Crippen LogP contribution is 2.34. The molecule has 0 heterocycles. The minimum Gasteiger partial charge on any atom is -0.394 e. The predicted molar refractivity (Wildman–Crippen MR) is 62.5 cm³/mol. The number of halogens is 1. The minimum absolute atomic E-state index is 0.0207. The summed E-state index contributed by atoms with van der Waals surface area (Å²) in [5.74, 6) is -0.215. The van der Waals surface area contributed by atoms with E-state index in [-0.39, 0.29) is 18.0 Å². The van der Waals surface area contributed by atoms with Crippen LogP contribution in [0, 0.1) is 5.82 Å². The zero-order valence-corrected chi connectivity index (χ0v) is 9.12. The van der Waals surface area contributed by atoms with Crippen molar-refractivity contribution in [2.24, 2.45) is 0 Å². The Hall–Kier alpha value is -1.19. The molecule has 1 aliphatic rings. The fourth-order valence-electron chi connectivity index (χ4n) is 1.59. The van der Waals surface area contributed by atoms with E-state index in [1.54, 1.807) is 12.1 Å². The van der Waals surface area contributed by atoms with E-state index in [1.165, 1.54) is 12.1 Å². The molecule has 2 rings (SSSR count). The summed E-state index contributed by atoms with van der Waals surface area (Å²) in [6, 6.07) is 6.38. The van der Waals surface area contributed by atoms with Crippen molar-refractivity contribution in [1.82, 2.24) is 5.32 Å². The smallest absolute Gasteiger partial charge is 0.123 e. The highest BCUT2D eigenvalue weighted by Gasteiger charge is 2.40. The van der Waals surface area contributed by atoms with Gasteiger partial charge in [0, 0.05) is 12.1 Å². The Morgan fingerprint density at radius 3 is 2.56 bits per heavy atom. The van der Waals surface area contributed by atoms with Crippen LogP contribution in [0.1, 0.15) is 18.4 Å². The Labute approximate surface area is 94.8 Å². The number of hydrogen-bond acceptors (Lipinski definition) is 2. The number of aliphatic hydroxyl groups excluding tert-OH is 1. The van der Waals surface area contributed by atoms with Crippen molar-refractivity contribution in [2.45, 2.75) is 18.4 Å². The van der Waals surface area contributed by atoms with Crippen molar-refractivity contribution in [3.63, 3.8) is 0 Å². The van der Waals surface area contributed by atoms with Crippen LogP contribution >= 0.6 is 0 Å². The normalized spacial score (nSPS) is 17.9. The Morgan fingerprint density at radius 2 is 2.00 bits per heavy atom. The van der Waals surface area contributed by atoms with Crippen molar-refractivity contribution in [2.75, 3.05) is 13.2 Å². The number of rotatable bonds is 5. The van der Waals surface area contributed by atoms with E-state index >= 15 is 0 Å². The summed E-state index contributed by atoms with van der Waals surface area (Å²) < 4.78 is 12.6. The molecule has 2 nitrogen and oxygen atoms in total. The lowest BCUT2D eigenvalue weighted by Crippen LogP contribution is -2.34. The fraction of sp³-hybridized carbons (Fsp3) is 0.385. The van der Waals surface area contributed by atoms with Gasteiger partial charge in [-0.05, 0) is 30.5 Å². The molecule has 0 aliphatic heterocycles. The molecule has 1 aromatic carbocycles. The Kier molecular flexibility index (Phi) is 3.36. The van der Waals surface area contributed by atoms with Crippen LogP contribution in [-0.4, -0.2) is 23.8 Å². The summed E-state index contributed by atoms with van der Waals surface area (Å²) in [7, 11) is 0. The Balaban J connectivity index is 1.79. The van der Waals surface area contributed by atoms with Crippen LogP contribution in [0.25, 0.3) is 6.08 Å². The van der Waals surface area contributed by atoms with Crippen LogP contribution < -0.4 is 5.32 Å². The standard InChI is InChI=1S/C13H16FNO/c14-12-5-3-11(4-6-12)2-1-9-15-13(10-16)7-8-13/h1-6,15-16H,7-10H2/b2-1+. The average molecular weight is 221 g/mol. The number of nitrogens with one attached hydrogen (secondary N) is 1. The monoisotopic (exact) mass is 221 g/mol.